The van der Waals surface area contributed by atoms with E-state index >= 15 is 0 Å². The monoisotopic (exact) mass is 314 g/mol. The van der Waals surface area contributed by atoms with Crippen LogP contribution in [0, 0.1) is 0 Å². The van der Waals surface area contributed by atoms with Crippen LogP contribution in [-0.4, -0.2) is 22.1 Å². The van der Waals surface area contributed by atoms with Gasteiger partial charge >= 0.3 is 6.18 Å². The minimum absolute atomic E-state index is 0.153. The van der Waals surface area contributed by atoms with Crippen LogP contribution in [0.5, 0.6) is 0 Å². The van der Waals surface area contributed by atoms with E-state index in [1.807, 2.05) is 11.8 Å². The molecule has 8 heteroatoms. The van der Waals surface area contributed by atoms with Crippen LogP contribution in [0.25, 0.3) is 0 Å². The number of hydrogen-bond acceptors (Lipinski definition) is 5. The highest BCUT2D eigenvalue weighted by Crippen LogP contribution is 2.31. The fraction of sp³-hybridized carbons (Fsp3) is 0.429. The van der Waals surface area contributed by atoms with Crippen LogP contribution in [0.4, 0.5) is 13.2 Å². The largest absolute Gasteiger partial charge is 0.416 e. The summed E-state index contributed by atoms with van der Waals surface area (Å²) < 4.78 is 43.2. The molecule has 1 unspecified atom stereocenters. The molecule has 0 spiro atoms. The Morgan fingerprint density at radius 2 is 2.09 bits per heavy atom. The molecule has 1 heterocycles. The van der Waals surface area contributed by atoms with Gasteiger partial charge in [0, 0.05) is 6.04 Å². The van der Waals surface area contributed by atoms with Crippen molar-refractivity contribution in [2.45, 2.75) is 32.2 Å². The lowest BCUT2D eigenvalue weighted by Gasteiger charge is -2.24. The van der Waals surface area contributed by atoms with Gasteiger partial charge in [0.1, 0.15) is 0 Å². The third-order valence-corrected chi connectivity index (χ3v) is 3.43. The fourth-order valence-electron chi connectivity index (χ4n) is 2.03. The molecule has 2 N–H and O–H groups in total. The van der Waals surface area contributed by atoms with E-state index in [4.69, 9.17) is 10.3 Å². The molecule has 120 valence electrons. The van der Waals surface area contributed by atoms with Gasteiger partial charge < -0.3 is 10.3 Å². The Bertz CT molecular complexity index is 627. The Balaban J connectivity index is 2.11. The number of halogens is 3. The van der Waals surface area contributed by atoms with E-state index in [2.05, 4.69) is 10.1 Å². The van der Waals surface area contributed by atoms with Gasteiger partial charge in [-0.2, -0.15) is 18.2 Å². The summed E-state index contributed by atoms with van der Waals surface area (Å²) in [5.74, 6) is 0.775. The maximum absolute atomic E-state index is 12.8. The highest BCUT2D eigenvalue weighted by Gasteiger charge is 2.31. The van der Waals surface area contributed by atoms with Crippen molar-refractivity contribution in [1.82, 2.24) is 15.0 Å². The number of rotatable bonds is 5. The molecule has 22 heavy (non-hydrogen) atoms. The van der Waals surface area contributed by atoms with E-state index in [-0.39, 0.29) is 12.6 Å². The van der Waals surface area contributed by atoms with Crippen molar-refractivity contribution >= 4 is 0 Å². The number of benzene rings is 1. The first-order valence-electron chi connectivity index (χ1n) is 6.70. The standard InChI is InChI=1S/C14H17F3N4O/c1-9(10-4-3-5-11(6-10)14(15,16)17)21(2)8-12-19-13(7-18)22-20-12/h3-6,9H,7-8,18H2,1-2H3. The molecular formula is C14H17F3N4O. The van der Waals surface area contributed by atoms with Gasteiger partial charge in [-0.1, -0.05) is 17.3 Å². The second kappa shape index (κ2) is 6.45. The number of alkyl halides is 3. The lowest BCUT2D eigenvalue weighted by atomic mass is 10.0. The molecule has 0 aliphatic carbocycles. The number of hydrogen-bond donors (Lipinski definition) is 1. The number of nitrogens with zero attached hydrogens (tertiary/aromatic N) is 3. The Morgan fingerprint density at radius 3 is 2.68 bits per heavy atom. The van der Waals surface area contributed by atoms with Crippen LogP contribution in [0.1, 0.15) is 35.8 Å². The zero-order valence-corrected chi connectivity index (χ0v) is 12.3. The van der Waals surface area contributed by atoms with Gasteiger partial charge in [-0.15, -0.1) is 0 Å². The predicted molar refractivity (Wildman–Crippen MR) is 73.5 cm³/mol. The zero-order valence-electron chi connectivity index (χ0n) is 12.3. The van der Waals surface area contributed by atoms with E-state index < -0.39 is 11.7 Å². The maximum Gasteiger partial charge on any atom is 0.416 e. The van der Waals surface area contributed by atoms with Crippen LogP contribution < -0.4 is 5.73 Å². The highest BCUT2D eigenvalue weighted by molar-refractivity contribution is 5.27. The van der Waals surface area contributed by atoms with Gasteiger partial charge in [0.15, 0.2) is 5.82 Å². The van der Waals surface area contributed by atoms with E-state index in [0.29, 0.717) is 23.8 Å². The quantitative estimate of drug-likeness (QED) is 0.919. The lowest BCUT2D eigenvalue weighted by molar-refractivity contribution is -0.137. The molecule has 2 aromatic rings. The second-order valence-electron chi connectivity index (χ2n) is 5.02. The number of aromatic nitrogens is 2. The first-order valence-corrected chi connectivity index (χ1v) is 6.70. The molecule has 0 saturated heterocycles. The summed E-state index contributed by atoms with van der Waals surface area (Å²) in [5.41, 5.74) is 5.30. The molecule has 0 amide bonds. The maximum atomic E-state index is 12.8. The molecule has 5 nitrogen and oxygen atoms in total. The van der Waals surface area contributed by atoms with E-state index in [1.165, 1.54) is 6.07 Å². The normalized spacial score (nSPS) is 13.6. The zero-order chi connectivity index (χ0) is 16.3. The summed E-state index contributed by atoms with van der Waals surface area (Å²) in [6.07, 6.45) is -4.35. The lowest BCUT2D eigenvalue weighted by Crippen LogP contribution is -2.23. The predicted octanol–water partition coefficient (Wildman–Crippen LogP) is 2.74. The van der Waals surface area contributed by atoms with Crippen molar-refractivity contribution in [2.75, 3.05) is 7.05 Å². The summed E-state index contributed by atoms with van der Waals surface area (Å²) in [6, 6.07) is 5.05. The van der Waals surface area contributed by atoms with Gasteiger partial charge in [0.2, 0.25) is 5.89 Å². The minimum atomic E-state index is -4.35. The molecule has 2 rings (SSSR count). The first-order chi connectivity index (χ1) is 10.3. The smallest absolute Gasteiger partial charge is 0.338 e. The van der Waals surface area contributed by atoms with Crippen molar-refractivity contribution in [3.05, 3.63) is 47.1 Å². The van der Waals surface area contributed by atoms with Crippen LogP contribution in [0.3, 0.4) is 0 Å². The molecular weight excluding hydrogens is 297 g/mol. The van der Waals surface area contributed by atoms with E-state index in [0.717, 1.165) is 12.1 Å². The van der Waals surface area contributed by atoms with Crippen molar-refractivity contribution in [3.63, 3.8) is 0 Å². The number of nitrogens with two attached hydrogens (primary N) is 1. The molecule has 0 aliphatic rings. The summed E-state index contributed by atoms with van der Waals surface area (Å²) in [6.45, 7) is 2.32. The van der Waals surface area contributed by atoms with Gasteiger partial charge in [-0.3, -0.25) is 4.90 Å². The highest BCUT2D eigenvalue weighted by atomic mass is 19.4. The van der Waals surface area contributed by atoms with Crippen molar-refractivity contribution in [1.29, 1.82) is 0 Å². The van der Waals surface area contributed by atoms with Gasteiger partial charge in [-0.05, 0) is 31.7 Å². The Labute approximate surface area is 125 Å². The first kappa shape index (κ1) is 16.4. The fourth-order valence-corrected chi connectivity index (χ4v) is 2.03. The second-order valence-corrected chi connectivity index (χ2v) is 5.02. The van der Waals surface area contributed by atoms with Crippen molar-refractivity contribution in [3.8, 4) is 0 Å². The third kappa shape index (κ3) is 3.83. The Morgan fingerprint density at radius 1 is 1.36 bits per heavy atom. The Hall–Kier alpha value is -1.93. The van der Waals surface area contributed by atoms with Crippen molar-refractivity contribution < 1.29 is 17.7 Å². The van der Waals surface area contributed by atoms with Gasteiger partial charge in [0.25, 0.3) is 0 Å². The van der Waals surface area contributed by atoms with Crippen LogP contribution in [0.15, 0.2) is 28.8 Å². The molecule has 1 atom stereocenters. The summed E-state index contributed by atoms with van der Waals surface area (Å²) >= 11 is 0. The van der Waals surface area contributed by atoms with Gasteiger partial charge in [0.05, 0.1) is 18.7 Å². The molecule has 0 saturated carbocycles. The summed E-state index contributed by atoms with van der Waals surface area (Å²) in [4.78, 5) is 5.91. The average molecular weight is 314 g/mol. The van der Waals surface area contributed by atoms with Crippen molar-refractivity contribution in [2.24, 2.45) is 5.73 Å². The van der Waals surface area contributed by atoms with Crippen LogP contribution in [0.2, 0.25) is 0 Å². The molecule has 0 radical (unpaired) electrons. The average Bonchev–Trinajstić information content (AvgIpc) is 2.93. The SMILES string of the molecule is CC(c1cccc(C(F)(F)F)c1)N(C)Cc1noc(CN)n1. The van der Waals surface area contributed by atoms with E-state index in [9.17, 15) is 13.2 Å². The topological polar surface area (TPSA) is 68.2 Å². The van der Waals surface area contributed by atoms with E-state index in [1.54, 1.807) is 13.1 Å². The minimum Gasteiger partial charge on any atom is -0.338 e. The molecule has 0 fully saturated rings. The summed E-state index contributed by atoms with van der Waals surface area (Å²) in [7, 11) is 1.78. The molecule has 1 aromatic heterocycles. The summed E-state index contributed by atoms with van der Waals surface area (Å²) in [5, 5.41) is 3.77. The Kier molecular flexibility index (Phi) is 4.82. The molecule has 0 bridgehead atoms. The van der Waals surface area contributed by atoms with Gasteiger partial charge in [-0.25, -0.2) is 0 Å². The van der Waals surface area contributed by atoms with Crippen LogP contribution >= 0.6 is 0 Å². The third-order valence-electron chi connectivity index (χ3n) is 3.43. The van der Waals surface area contributed by atoms with Crippen LogP contribution in [-0.2, 0) is 19.3 Å². The molecule has 0 aliphatic heterocycles. The molecule has 1 aromatic carbocycles.